The zero-order chi connectivity index (χ0) is 11.2. The lowest BCUT2D eigenvalue weighted by molar-refractivity contribution is -0.138. The zero-order valence-electron chi connectivity index (χ0n) is 8.56. The molecule has 0 saturated carbocycles. The molecule has 2 fully saturated rings. The standard InChI is InChI=1S/C9H14N4O2/c1-12-7(14)5-2-3-13(9(10)11)4-6(5)8(12)15/h5-6H,2-4H2,1H3,(H3,10,11). The van der Waals surface area contributed by atoms with Crippen molar-refractivity contribution < 1.29 is 9.59 Å². The Morgan fingerprint density at radius 2 is 2.00 bits per heavy atom. The van der Waals surface area contributed by atoms with Crippen molar-refractivity contribution in [3.63, 3.8) is 0 Å². The van der Waals surface area contributed by atoms with Crippen molar-refractivity contribution in [3.8, 4) is 0 Å². The number of piperidine rings is 1. The third-order valence-corrected chi connectivity index (χ3v) is 3.25. The van der Waals surface area contributed by atoms with Crippen LogP contribution in [0.3, 0.4) is 0 Å². The van der Waals surface area contributed by atoms with E-state index < -0.39 is 0 Å². The minimum atomic E-state index is -0.305. The number of fused-ring (bicyclic) bond motifs is 1. The Morgan fingerprint density at radius 3 is 2.60 bits per heavy atom. The number of rotatable bonds is 0. The summed E-state index contributed by atoms with van der Waals surface area (Å²) in [5, 5.41) is 7.30. The van der Waals surface area contributed by atoms with Gasteiger partial charge in [0.1, 0.15) is 0 Å². The number of nitrogens with two attached hydrogens (primary N) is 1. The molecule has 3 N–H and O–H groups in total. The molecule has 0 bridgehead atoms. The van der Waals surface area contributed by atoms with Crippen molar-refractivity contribution in [2.45, 2.75) is 6.42 Å². The molecule has 6 heteroatoms. The summed E-state index contributed by atoms with van der Waals surface area (Å²) in [6.07, 6.45) is 0.610. The molecule has 2 aliphatic rings. The van der Waals surface area contributed by atoms with Crippen LogP contribution < -0.4 is 5.73 Å². The molecular formula is C9H14N4O2. The second kappa shape index (κ2) is 3.22. The average molecular weight is 210 g/mol. The monoisotopic (exact) mass is 210 g/mol. The van der Waals surface area contributed by atoms with Crippen molar-refractivity contribution in [2.24, 2.45) is 17.6 Å². The lowest BCUT2D eigenvalue weighted by Gasteiger charge is -2.32. The Kier molecular flexibility index (Phi) is 2.13. The number of amides is 2. The molecule has 2 rings (SSSR count). The lowest BCUT2D eigenvalue weighted by atomic mass is 9.88. The first-order chi connectivity index (χ1) is 7.02. The number of carbonyl (C=O) groups excluding carboxylic acids is 2. The highest BCUT2D eigenvalue weighted by atomic mass is 16.2. The van der Waals surface area contributed by atoms with Crippen LogP contribution in [0.1, 0.15) is 6.42 Å². The Hall–Kier alpha value is -1.59. The van der Waals surface area contributed by atoms with Gasteiger partial charge < -0.3 is 10.6 Å². The van der Waals surface area contributed by atoms with Gasteiger partial charge in [-0.2, -0.15) is 0 Å². The number of carbonyl (C=O) groups is 2. The molecule has 0 aromatic rings. The maximum absolute atomic E-state index is 11.7. The third-order valence-electron chi connectivity index (χ3n) is 3.25. The highest BCUT2D eigenvalue weighted by Gasteiger charge is 2.48. The van der Waals surface area contributed by atoms with E-state index in [4.69, 9.17) is 11.1 Å². The topological polar surface area (TPSA) is 90.5 Å². The summed E-state index contributed by atoms with van der Waals surface area (Å²) in [7, 11) is 1.51. The Bertz CT molecular complexity index is 341. The molecule has 2 amide bonds. The van der Waals surface area contributed by atoms with Crippen molar-refractivity contribution >= 4 is 17.8 Å². The van der Waals surface area contributed by atoms with Crippen molar-refractivity contribution in [2.75, 3.05) is 20.1 Å². The Morgan fingerprint density at radius 1 is 1.40 bits per heavy atom. The van der Waals surface area contributed by atoms with Crippen molar-refractivity contribution in [1.82, 2.24) is 9.80 Å². The van der Waals surface area contributed by atoms with Gasteiger partial charge in [0.25, 0.3) is 0 Å². The van der Waals surface area contributed by atoms with E-state index >= 15 is 0 Å². The summed E-state index contributed by atoms with van der Waals surface area (Å²) in [5.41, 5.74) is 5.36. The minimum absolute atomic E-state index is 0.0248. The quantitative estimate of drug-likeness (QED) is 0.299. The molecule has 15 heavy (non-hydrogen) atoms. The van der Waals surface area contributed by atoms with Gasteiger partial charge in [0.15, 0.2) is 5.96 Å². The van der Waals surface area contributed by atoms with Crippen LogP contribution in [0.25, 0.3) is 0 Å². The first kappa shape index (κ1) is 9.95. The highest BCUT2D eigenvalue weighted by Crippen LogP contribution is 2.32. The Balaban J connectivity index is 2.18. The van der Waals surface area contributed by atoms with E-state index in [0.717, 1.165) is 0 Å². The molecule has 2 heterocycles. The maximum atomic E-state index is 11.7. The summed E-state index contributed by atoms with van der Waals surface area (Å²) < 4.78 is 0. The summed E-state index contributed by atoms with van der Waals surface area (Å²) in [4.78, 5) is 26.2. The molecular weight excluding hydrogens is 196 g/mol. The summed E-state index contributed by atoms with van der Waals surface area (Å²) >= 11 is 0. The SMILES string of the molecule is CN1C(=O)C2CCN(C(=N)N)CC2C1=O. The van der Waals surface area contributed by atoms with Gasteiger partial charge in [-0.15, -0.1) is 0 Å². The van der Waals surface area contributed by atoms with E-state index in [-0.39, 0.29) is 29.6 Å². The largest absolute Gasteiger partial charge is 0.370 e. The fourth-order valence-electron chi connectivity index (χ4n) is 2.32. The van der Waals surface area contributed by atoms with Crippen LogP contribution in [0.4, 0.5) is 0 Å². The summed E-state index contributed by atoms with van der Waals surface area (Å²) in [5.74, 6) is -0.759. The number of guanidine groups is 1. The van der Waals surface area contributed by atoms with Gasteiger partial charge in [-0.05, 0) is 6.42 Å². The van der Waals surface area contributed by atoms with E-state index in [1.54, 1.807) is 4.90 Å². The van der Waals surface area contributed by atoms with Crippen LogP contribution in [0.15, 0.2) is 0 Å². The maximum Gasteiger partial charge on any atom is 0.234 e. The number of likely N-dealkylation sites (tertiary alicyclic amines) is 2. The van der Waals surface area contributed by atoms with Gasteiger partial charge in [-0.3, -0.25) is 19.9 Å². The minimum Gasteiger partial charge on any atom is -0.370 e. The third kappa shape index (κ3) is 1.36. The second-order valence-corrected chi connectivity index (χ2v) is 4.07. The second-order valence-electron chi connectivity index (χ2n) is 4.07. The van der Waals surface area contributed by atoms with Gasteiger partial charge >= 0.3 is 0 Å². The highest BCUT2D eigenvalue weighted by molar-refractivity contribution is 6.05. The van der Waals surface area contributed by atoms with Crippen molar-refractivity contribution in [1.29, 1.82) is 5.41 Å². The van der Waals surface area contributed by atoms with E-state index in [0.29, 0.717) is 19.5 Å². The number of nitrogens with zero attached hydrogens (tertiary/aromatic N) is 2. The zero-order valence-corrected chi connectivity index (χ0v) is 8.56. The number of hydrogen-bond acceptors (Lipinski definition) is 3. The molecule has 2 saturated heterocycles. The number of nitrogens with one attached hydrogen (secondary N) is 1. The van der Waals surface area contributed by atoms with Crippen LogP contribution in [-0.2, 0) is 9.59 Å². The van der Waals surface area contributed by atoms with E-state index in [9.17, 15) is 9.59 Å². The van der Waals surface area contributed by atoms with Gasteiger partial charge in [0.05, 0.1) is 11.8 Å². The van der Waals surface area contributed by atoms with Crippen molar-refractivity contribution in [3.05, 3.63) is 0 Å². The summed E-state index contributed by atoms with van der Waals surface area (Å²) in [6, 6.07) is 0. The first-order valence-electron chi connectivity index (χ1n) is 4.92. The van der Waals surface area contributed by atoms with Gasteiger partial charge in [0.2, 0.25) is 11.8 Å². The fraction of sp³-hybridized carbons (Fsp3) is 0.667. The molecule has 0 aromatic heterocycles. The van der Waals surface area contributed by atoms with E-state index in [1.807, 2.05) is 0 Å². The van der Waals surface area contributed by atoms with E-state index in [1.165, 1.54) is 11.9 Å². The Labute approximate surface area is 87.5 Å². The molecule has 2 atom stereocenters. The molecule has 2 aliphatic heterocycles. The average Bonchev–Trinajstić information content (AvgIpc) is 2.44. The molecule has 2 unspecified atom stereocenters. The number of imide groups is 1. The predicted molar refractivity (Wildman–Crippen MR) is 52.9 cm³/mol. The molecule has 82 valence electrons. The van der Waals surface area contributed by atoms with Crippen LogP contribution in [-0.4, -0.2) is 47.7 Å². The van der Waals surface area contributed by atoms with Gasteiger partial charge in [-0.25, -0.2) is 0 Å². The molecule has 0 spiro atoms. The predicted octanol–water partition coefficient (Wildman–Crippen LogP) is -1.18. The molecule has 0 aromatic carbocycles. The van der Waals surface area contributed by atoms with Crippen LogP contribution in [0.2, 0.25) is 0 Å². The van der Waals surface area contributed by atoms with Crippen LogP contribution >= 0.6 is 0 Å². The molecule has 0 aliphatic carbocycles. The van der Waals surface area contributed by atoms with Crippen LogP contribution in [0.5, 0.6) is 0 Å². The smallest absolute Gasteiger partial charge is 0.234 e. The van der Waals surface area contributed by atoms with Crippen LogP contribution in [0, 0.1) is 17.2 Å². The fourth-order valence-corrected chi connectivity index (χ4v) is 2.32. The molecule has 0 radical (unpaired) electrons. The number of hydrogen-bond donors (Lipinski definition) is 2. The lowest BCUT2D eigenvalue weighted by Crippen LogP contribution is -2.47. The van der Waals surface area contributed by atoms with Gasteiger partial charge in [-0.1, -0.05) is 0 Å². The van der Waals surface area contributed by atoms with Gasteiger partial charge in [0, 0.05) is 20.1 Å². The first-order valence-corrected chi connectivity index (χ1v) is 4.92. The van der Waals surface area contributed by atoms with E-state index in [2.05, 4.69) is 0 Å². The summed E-state index contributed by atoms with van der Waals surface area (Å²) in [6.45, 7) is 0.984. The molecule has 6 nitrogen and oxygen atoms in total. The normalized spacial score (nSPS) is 30.7.